The summed E-state index contributed by atoms with van der Waals surface area (Å²) in [6, 6.07) is 11.2. The van der Waals surface area contributed by atoms with Gasteiger partial charge in [0.15, 0.2) is 0 Å². The van der Waals surface area contributed by atoms with Crippen LogP contribution in [0.25, 0.3) is 5.69 Å². The maximum absolute atomic E-state index is 12.4. The molecule has 1 amide bonds. The van der Waals surface area contributed by atoms with Gasteiger partial charge in [0.05, 0.1) is 12.2 Å². The van der Waals surface area contributed by atoms with Crippen LogP contribution in [-0.2, 0) is 0 Å². The Morgan fingerprint density at radius 3 is 2.61 bits per heavy atom. The Kier molecular flexibility index (Phi) is 5.81. The van der Waals surface area contributed by atoms with Crippen LogP contribution in [0.3, 0.4) is 0 Å². The van der Waals surface area contributed by atoms with Crippen molar-refractivity contribution in [2.24, 2.45) is 0 Å². The van der Waals surface area contributed by atoms with E-state index in [1.807, 2.05) is 31.2 Å². The number of unbranched alkanes of at least 4 members (excludes halogenated alkanes) is 1. The highest BCUT2D eigenvalue weighted by Crippen LogP contribution is 2.20. The molecule has 1 heterocycles. The molecule has 1 N–H and O–H groups in total. The molecule has 0 saturated carbocycles. The van der Waals surface area contributed by atoms with Crippen LogP contribution >= 0.6 is 0 Å². The van der Waals surface area contributed by atoms with Crippen LogP contribution in [0.1, 0.15) is 42.7 Å². The van der Waals surface area contributed by atoms with Crippen molar-refractivity contribution in [3.8, 4) is 17.5 Å². The van der Waals surface area contributed by atoms with Crippen molar-refractivity contribution in [2.75, 3.05) is 13.2 Å². The number of hydrogen-bond donors (Lipinski definition) is 1. The average molecular weight is 311 g/mol. The second kappa shape index (κ2) is 8.04. The van der Waals surface area contributed by atoms with Crippen LogP contribution < -0.4 is 10.1 Å². The molecule has 120 valence electrons. The van der Waals surface area contributed by atoms with Gasteiger partial charge in [-0.05, 0) is 43.7 Å². The maximum Gasteiger partial charge on any atom is 0.269 e. The zero-order valence-electron chi connectivity index (χ0n) is 13.5. The summed E-state index contributed by atoms with van der Waals surface area (Å²) >= 11 is 0. The van der Waals surface area contributed by atoms with Gasteiger partial charge in [-0.25, -0.2) is 0 Å². The lowest BCUT2D eigenvalue weighted by Gasteiger charge is -2.11. The van der Waals surface area contributed by atoms with E-state index in [0.717, 1.165) is 24.3 Å². The third-order valence-corrected chi connectivity index (χ3v) is 3.46. The van der Waals surface area contributed by atoms with Crippen molar-refractivity contribution in [3.05, 3.63) is 47.8 Å². The van der Waals surface area contributed by atoms with Gasteiger partial charge in [-0.3, -0.25) is 4.79 Å². The summed E-state index contributed by atoms with van der Waals surface area (Å²) in [4.78, 5) is 12.4. The first kappa shape index (κ1) is 16.6. The van der Waals surface area contributed by atoms with Gasteiger partial charge in [-0.2, -0.15) is 5.26 Å². The summed E-state index contributed by atoms with van der Waals surface area (Å²) in [6.45, 7) is 5.20. The van der Waals surface area contributed by atoms with Crippen LogP contribution in [0.5, 0.6) is 5.75 Å². The number of carbonyl (C=O) groups excluding carboxylic acids is 1. The summed E-state index contributed by atoms with van der Waals surface area (Å²) in [5.74, 6) is 0.548. The third kappa shape index (κ3) is 3.92. The molecule has 2 rings (SSSR count). The fraction of sp³-hybridized carbons (Fsp3) is 0.333. The zero-order valence-corrected chi connectivity index (χ0v) is 13.5. The van der Waals surface area contributed by atoms with Gasteiger partial charge in [-0.1, -0.05) is 13.3 Å². The number of aromatic nitrogens is 1. The van der Waals surface area contributed by atoms with Crippen molar-refractivity contribution in [3.63, 3.8) is 0 Å². The minimum atomic E-state index is -0.228. The van der Waals surface area contributed by atoms with E-state index < -0.39 is 0 Å². The highest BCUT2D eigenvalue weighted by molar-refractivity contribution is 5.95. The van der Waals surface area contributed by atoms with E-state index in [-0.39, 0.29) is 5.91 Å². The lowest BCUT2D eigenvalue weighted by molar-refractivity contribution is 0.0946. The number of hydrogen-bond acceptors (Lipinski definition) is 3. The Hall–Kier alpha value is -2.74. The molecule has 0 aliphatic heterocycles. The highest BCUT2D eigenvalue weighted by atomic mass is 16.5. The van der Waals surface area contributed by atoms with Crippen LogP contribution in [0.2, 0.25) is 0 Å². The molecule has 0 radical (unpaired) electrons. The smallest absolute Gasteiger partial charge is 0.269 e. The van der Waals surface area contributed by atoms with Gasteiger partial charge in [-0.15, -0.1) is 0 Å². The predicted molar refractivity (Wildman–Crippen MR) is 88.9 cm³/mol. The SMILES string of the molecule is CCCCNC(=O)c1c(C#N)ccn1-c1ccc(OCC)cc1. The van der Waals surface area contributed by atoms with E-state index in [4.69, 9.17) is 4.74 Å². The molecule has 0 fully saturated rings. The second-order valence-corrected chi connectivity index (χ2v) is 5.10. The molecule has 1 aromatic carbocycles. The molecule has 1 aromatic heterocycles. The Bertz CT molecular complexity index is 696. The minimum Gasteiger partial charge on any atom is -0.494 e. The fourth-order valence-corrected chi connectivity index (χ4v) is 2.30. The monoisotopic (exact) mass is 311 g/mol. The molecule has 0 aliphatic rings. The molecule has 0 spiro atoms. The van der Waals surface area contributed by atoms with E-state index in [1.54, 1.807) is 16.8 Å². The Morgan fingerprint density at radius 2 is 2.00 bits per heavy atom. The minimum absolute atomic E-state index is 0.228. The molecule has 0 bridgehead atoms. The lowest BCUT2D eigenvalue weighted by atomic mass is 10.2. The quantitative estimate of drug-likeness (QED) is 0.798. The average Bonchev–Trinajstić information content (AvgIpc) is 3.00. The van der Waals surface area contributed by atoms with Crippen LogP contribution in [0.4, 0.5) is 0 Å². The molecule has 2 aromatic rings. The largest absolute Gasteiger partial charge is 0.494 e. The molecule has 0 aliphatic carbocycles. The second-order valence-electron chi connectivity index (χ2n) is 5.10. The van der Waals surface area contributed by atoms with Gasteiger partial charge in [0.1, 0.15) is 17.5 Å². The van der Waals surface area contributed by atoms with Crippen LogP contribution in [0, 0.1) is 11.3 Å². The van der Waals surface area contributed by atoms with E-state index in [0.29, 0.717) is 24.4 Å². The molecule has 23 heavy (non-hydrogen) atoms. The first-order chi connectivity index (χ1) is 11.2. The summed E-state index contributed by atoms with van der Waals surface area (Å²) in [6.07, 6.45) is 3.66. The number of nitrogens with one attached hydrogen (secondary N) is 1. The summed E-state index contributed by atoms with van der Waals surface area (Å²) < 4.78 is 7.16. The predicted octanol–water partition coefficient (Wildman–Crippen LogP) is 3.28. The number of rotatable bonds is 7. The Balaban J connectivity index is 2.30. The fourth-order valence-electron chi connectivity index (χ4n) is 2.30. The number of amides is 1. The third-order valence-electron chi connectivity index (χ3n) is 3.46. The molecule has 5 nitrogen and oxygen atoms in total. The van der Waals surface area contributed by atoms with Gasteiger partial charge in [0.2, 0.25) is 0 Å². The number of nitriles is 1. The van der Waals surface area contributed by atoms with Crippen LogP contribution in [-0.4, -0.2) is 23.6 Å². The number of ether oxygens (including phenoxy) is 1. The molecule has 0 atom stereocenters. The molecular weight excluding hydrogens is 290 g/mol. The Morgan fingerprint density at radius 1 is 1.26 bits per heavy atom. The van der Waals surface area contributed by atoms with E-state index >= 15 is 0 Å². The molecule has 0 saturated heterocycles. The van der Waals surface area contributed by atoms with Gasteiger partial charge in [0.25, 0.3) is 5.91 Å². The summed E-state index contributed by atoms with van der Waals surface area (Å²) in [5.41, 5.74) is 1.55. The van der Waals surface area contributed by atoms with Gasteiger partial charge in [0, 0.05) is 18.4 Å². The van der Waals surface area contributed by atoms with Gasteiger partial charge < -0.3 is 14.6 Å². The summed E-state index contributed by atoms with van der Waals surface area (Å²) in [7, 11) is 0. The summed E-state index contributed by atoms with van der Waals surface area (Å²) in [5, 5.41) is 12.1. The van der Waals surface area contributed by atoms with Crippen molar-refractivity contribution >= 4 is 5.91 Å². The van der Waals surface area contributed by atoms with Crippen molar-refractivity contribution in [1.29, 1.82) is 5.26 Å². The van der Waals surface area contributed by atoms with Crippen molar-refractivity contribution in [1.82, 2.24) is 9.88 Å². The molecular formula is C18H21N3O2. The number of carbonyl (C=O) groups is 1. The maximum atomic E-state index is 12.4. The zero-order chi connectivity index (χ0) is 16.7. The highest BCUT2D eigenvalue weighted by Gasteiger charge is 2.17. The van der Waals surface area contributed by atoms with Gasteiger partial charge >= 0.3 is 0 Å². The lowest BCUT2D eigenvalue weighted by Crippen LogP contribution is -2.27. The van der Waals surface area contributed by atoms with E-state index in [9.17, 15) is 10.1 Å². The van der Waals surface area contributed by atoms with Crippen molar-refractivity contribution in [2.45, 2.75) is 26.7 Å². The first-order valence-corrected chi connectivity index (χ1v) is 7.84. The van der Waals surface area contributed by atoms with Crippen molar-refractivity contribution < 1.29 is 9.53 Å². The van der Waals surface area contributed by atoms with E-state index in [1.165, 1.54) is 0 Å². The van der Waals surface area contributed by atoms with E-state index in [2.05, 4.69) is 18.3 Å². The standard InChI is InChI=1S/C18H21N3O2/c1-3-5-11-20-18(22)17-14(13-19)10-12-21(17)15-6-8-16(9-7-15)23-4-2/h6-10,12H,3-5,11H2,1-2H3,(H,20,22). The van der Waals surface area contributed by atoms with Crippen LogP contribution in [0.15, 0.2) is 36.5 Å². The number of benzene rings is 1. The first-order valence-electron chi connectivity index (χ1n) is 7.84. The topological polar surface area (TPSA) is 67.0 Å². The molecule has 0 unspecified atom stereocenters. The number of nitrogens with zero attached hydrogens (tertiary/aromatic N) is 2. The molecule has 5 heteroatoms. The normalized spacial score (nSPS) is 10.1. The Labute approximate surface area is 136 Å².